The van der Waals surface area contributed by atoms with Crippen LogP contribution >= 0.6 is 0 Å². The molecule has 1 aliphatic heterocycles. The SMILES string of the molecule is CCC(C)C(=O)Nc1cccc(CNC(=NC)NC2CC(=O)N(c3ccccc3)C2)c1. The predicted molar refractivity (Wildman–Crippen MR) is 125 cm³/mol. The van der Waals surface area contributed by atoms with Crippen LogP contribution in [0.5, 0.6) is 0 Å². The van der Waals surface area contributed by atoms with Crippen LogP contribution in [0.3, 0.4) is 0 Å². The number of carbonyl (C=O) groups is 2. The standard InChI is InChI=1S/C24H31N5O2/c1-4-17(2)23(31)27-19-10-8-9-18(13-19)15-26-24(25-3)28-20-14-22(30)29(16-20)21-11-6-5-7-12-21/h5-13,17,20H,4,14-16H2,1-3H3,(H,27,31)(H2,25,26,28). The van der Waals surface area contributed by atoms with E-state index >= 15 is 0 Å². The van der Waals surface area contributed by atoms with Gasteiger partial charge in [0.1, 0.15) is 0 Å². The van der Waals surface area contributed by atoms with Crippen molar-refractivity contribution in [1.82, 2.24) is 10.6 Å². The van der Waals surface area contributed by atoms with Gasteiger partial charge in [-0.3, -0.25) is 14.6 Å². The van der Waals surface area contributed by atoms with E-state index in [2.05, 4.69) is 20.9 Å². The van der Waals surface area contributed by atoms with Gasteiger partial charge in [0.2, 0.25) is 11.8 Å². The molecule has 3 rings (SSSR count). The predicted octanol–water partition coefficient (Wildman–Crippen LogP) is 3.14. The Balaban J connectivity index is 1.54. The molecule has 0 spiro atoms. The van der Waals surface area contributed by atoms with E-state index in [1.807, 2.05) is 68.4 Å². The van der Waals surface area contributed by atoms with Crippen molar-refractivity contribution >= 4 is 29.1 Å². The second-order valence-electron chi connectivity index (χ2n) is 7.81. The van der Waals surface area contributed by atoms with Crippen LogP contribution in [0.25, 0.3) is 0 Å². The van der Waals surface area contributed by atoms with Crippen molar-refractivity contribution in [2.75, 3.05) is 23.8 Å². The zero-order valence-electron chi connectivity index (χ0n) is 18.4. The third-order valence-electron chi connectivity index (χ3n) is 5.47. The molecule has 2 unspecified atom stereocenters. The smallest absolute Gasteiger partial charge is 0.229 e. The lowest BCUT2D eigenvalue weighted by Gasteiger charge is -2.19. The van der Waals surface area contributed by atoms with Gasteiger partial charge in [0, 0.05) is 43.9 Å². The second kappa shape index (κ2) is 10.6. The first-order chi connectivity index (χ1) is 15.0. The summed E-state index contributed by atoms with van der Waals surface area (Å²) in [5, 5.41) is 9.60. The molecule has 2 aromatic rings. The molecule has 164 valence electrons. The summed E-state index contributed by atoms with van der Waals surface area (Å²) >= 11 is 0. The topological polar surface area (TPSA) is 85.8 Å². The average molecular weight is 422 g/mol. The number of benzene rings is 2. The maximum Gasteiger partial charge on any atom is 0.229 e. The minimum Gasteiger partial charge on any atom is -0.352 e. The number of amides is 2. The van der Waals surface area contributed by atoms with Gasteiger partial charge in [0.15, 0.2) is 5.96 Å². The molecular weight excluding hydrogens is 390 g/mol. The fourth-order valence-electron chi connectivity index (χ4n) is 3.45. The number of rotatable bonds is 7. The molecule has 1 heterocycles. The molecule has 0 aliphatic carbocycles. The van der Waals surface area contributed by atoms with Gasteiger partial charge in [0.25, 0.3) is 0 Å². The van der Waals surface area contributed by atoms with Crippen LogP contribution in [0.1, 0.15) is 32.3 Å². The summed E-state index contributed by atoms with van der Waals surface area (Å²) in [6.07, 6.45) is 1.23. The summed E-state index contributed by atoms with van der Waals surface area (Å²) in [5.74, 6) is 0.749. The maximum absolute atomic E-state index is 12.4. The van der Waals surface area contributed by atoms with E-state index in [1.165, 1.54) is 0 Å². The number of nitrogens with zero attached hydrogens (tertiary/aromatic N) is 2. The zero-order valence-corrected chi connectivity index (χ0v) is 18.4. The molecule has 0 radical (unpaired) electrons. The van der Waals surface area contributed by atoms with Crippen LogP contribution in [0.15, 0.2) is 59.6 Å². The highest BCUT2D eigenvalue weighted by Gasteiger charge is 2.31. The van der Waals surface area contributed by atoms with Crippen molar-refractivity contribution < 1.29 is 9.59 Å². The third kappa shape index (κ3) is 6.07. The van der Waals surface area contributed by atoms with Gasteiger partial charge >= 0.3 is 0 Å². The van der Waals surface area contributed by atoms with Crippen molar-refractivity contribution in [1.29, 1.82) is 0 Å². The third-order valence-corrected chi connectivity index (χ3v) is 5.47. The van der Waals surface area contributed by atoms with Crippen LogP contribution < -0.4 is 20.9 Å². The van der Waals surface area contributed by atoms with E-state index in [1.54, 1.807) is 11.9 Å². The number of carbonyl (C=O) groups excluding carboxylic acids is 2. The molecule has 3 N–H and O–H groups in total. The Labute approximate surface area is 183 Å². The molecule has 7 heteroatoms. The second-order valence-corrected chi connectivity index (χ2v) is 7.81. The number of para-hydroxylation sites is 1. The number of hydrogen-bond acceptors (Lipinski definition) is 3. The van der Waals surface area contributed by atoms with Gasteiger partial charge in [-0.15, -0.1) is 0 Å². The Morgan fingerprint density at radius 1 is 1.19 bits per heavy atom. The number of nitrogens with one attached hydrogen (secondary N) is 3. The van der Waals surface area contributed by atoms with Gasteiger partial charge in [-0.2, -0.15) is 0 Å². The molecule has 1 fully saturated rings. The average Bonchev–Trinajstić information content (AvgIpc) is 3.16. The molecule has 0 saturated carbocycles. The summed E-state index contributed by atoms with van der Waals surface area (Å²) in [6, 6.07) is 17.4. The summed E-state index contributed by atoms with van der Waals surface area (Å²) in [7, 11) is 1.71. The molecule has 2 amide bonds. The first-order valence-electron chi connectivity index (χ1n) is 10.7. The fraction of sp³-hybridized carbons (Fsp3) is 0.375. The number of anilines is 2. The molecule has 1 aliphatic rings. The molecule has 0 bridgehead atoms. The highest BCUT2D eigenvalue weighted by molar-refractivity contribution is 5.97. The van der Waals surface area contributed by atoms with E-state index in [-0.39, 0.29) is 23.8 Å². The molecule has 2 aromatic carbocycles. The molecular formula is C24H31N5O2. The Morgan fingerprint density at radius 2 is 1.97 bits per heavy atom. The molecule has 0 aromatic heterocycles. The lowest BCUT2D eigenvalue weighted by atomic mass is 10.1. The summed E-state index contributed by atoms with van der Waals surface area (Å²) in [4.78, 5) is 30.6. The van der Waals surface area contributed by atoms with Crippen LogP contribution in [0, 0.1) is 5.92 Å². The van der Waals surface area contributed by atoms with Gasteiger partial charge in [0.05, 0.1) is 6.04 Å². The molecule has 2 atom stereocenters. The van der Waals surface area contributed by atoms with E-state index in [0.717, 1.165) is 23.4 Å². The van der Waals surface area contributed by atoms with Crippen LogP contribution in [0.2, 0.25) is 0 Å². The highest BCUT2D eigenvalue weighted by atomic mass is 16.2. The van der Waals surface area contributed by atoms with Crippen molar-refractivity contribution in [2.24, 2.45) is 10.9 Å². The Hall–Kier alpha value is -3.35. The molecule has 31 heavy (non-hydrogen) atoms. The largest absolute Gasteiger partial charge is 0.352 e. The van der Waals surface area contributed by atoms with Crippen LogP contribution in [-0.4, -0.2) is 37.4 Å². The lowest BCUT2D eigenvalue weighted by Crippen LogP contribution is -2.44. The van der Waals surface area contributed by atoms with Crippen molar-refractivity contribution in [3.05, 3.63) is 60.2 Å². The molecule has 7 nitrogen and oxygen atoms in total. The van der Waals surface area contributed by atoms with Crippen molar-refractivity contribution in [3.8, 4) is 0 Å². The van der Waals surface area contributed by atoms with Gasteiger partial charge in [-0.05, 0) is 36.2 Å². The summed E-state index contributed by atoms with van der Waals surface area (Å²) in [6.45, 7) is 5.07. The van der Waals surface area contributed by atoms with E-state index in [9.17, 15) is 9.59 Å². The Kier molecular flexibility index (Phi) is 7.65. The lowest BCUT2D eigenvalue weighted by molar-refractivity contribution is -0.119. The Morgan fingerprint density at radius 3 is 2.68 bits per heavy atom. The highest BCUT2D eigenvalue weighted by Crippen LogP contribution is 2.21. The first-order valence-corrected chi connectivity index (χ1v) is 10.7. The Bertz CT molecular complexity index is 929. The summed E-state index contributed by atoms with van der Waals surface area (Å²) in [5.41, 5.74) is 2.72. The monoisotopic (exact) mass is 421 g/mol. The first kappa shape index (κ1) is 22.3. The van der Waals surface area contributed by atoms with Crippen LogP contribution in [-0.2, 0) is 16.1 Å². The van der Waals surface area contributed by atoms with E-state index in [0.29, 0.717) is 25.5 Å². The minimum absolute atomic E-state index is 0.0138. The normalized spacial score (nSPS) is 17.4. The minimum atomic E-state index is -0.0191. The number of hydrogen-bond donors (Lipinski definition) is 3. The van der Waals surface area contributed by atoms with E-state index in [4.69, 9.17) is 0 Å². The van der Waals surface area contributed by atoms with Gasteiger partial charge in [-0.1, -0.05) is 44.2 Å². The van der Waals surface area contributed by atoms with E-state index < -0.39 is 0 Å². The maximum atomic E-state index is 12.4. The van der Waals surface area contributed by atoms with Gasteiger partial charge in [-0.25, -0.2) is 0 Å². The fourth-order valence-corrected chi connectivity index (χ4v) is 3.45. The quantitative estimate of drug-likeness (QED) is 0.474. The van der Waals surface area contributed by atoms with Crippen molar-refractivity contribution in [3.63, 3.8) is 0 Å². The van der Waals surface area contributed by atoms with Gasteiger partial charge < -0.3 is 20.9 Å². The zero-order chi connectivity index (χ0) is 22.2. The molecule has 1 saturated heterocycles. The summed E-state index contributed by atoms with van der Waals surface area (Å²) < 4.78 is 0. The number of guanidine groups is 1. The van der Waals surface area contributed by atoms with Crippen LogP contribution in [0.4, 0.5) is 11.4 Å². The number of aliphatic imine (C=N–C) groups is 1. The van der Waals surface area contributed by atoms with Crippen molar-refractivity contribution in [2.45, 2.75) is 39.3 Å².